The van der Waals surface area contributed by atoms with Crippen molar-refractivity contribution in [1.82, 2.24) is 29.0 Å². The summed E-state index contributed by atoms with van der Waals surface area (Å²) >= 11 is 0. The summed E-state index contributed by atoms with van der Waals surface area (Å²) in [4.78, 5) is 10.3. The molecule has 0 bridgehead atoms. The lowest BCUT2D eigenvalue weighted by Crippen LogP contribution is -2.41. The van der Waals surface area contributed by atoms with E-state index in [1.165, 1.54) is 23.2 Å². The Labute approximate surface area is 116 Å². The number of aromatic amines is 1. The minimum Gasteiger partial charge on any atom is -0.335 e. The quantitative estimate of drug-likeness (QED) is 0.863. The van der Waals surface area contributed by atoms with Crippen LogP contribution < -0.4 is 0 Å². The predicted molar refractivity (Wildman–Crippen MR) is 70.1 cm³/mol. The SMILES string of the molecule is O=S(=O)(c1cnc[nH]1)N1CCC[C@@H](Cn2cncn2)C1. The summed E-state index contributed by atoms with van der Waals surface area (Å²) in [5.74, 6) is 0.253. The molecule has 2 aromatic rings. The third kappa shape index (κ3) is 2.59. The van der Waals surface area contributed by atoms with Crippen molar-refractivity contribution < 1.29 is 8.42 Å². The standard InChI is InChI=1S/C11H16N6O2S/c18-20(19,11-4-12-7-14-11)17-3-1-2-10(6-17)5-16-9-13-8-15-16/h4,7-10H,1-3,5-6H2,(H,12,14)/t10-/m0/s1. The minimum atomic E-state index is -3.46. The maximum Gasteiger partial charge on any atom is 0.260 e. The van der Waals surface area contributed by atoms with E-state index in [4.69, 9.17) is 0 Å². The van der Waals surface area contributed by atoms with Crippen molar-refractivity contribution >= 4 is 10.0 Å². The van der Waals surface area contributed by atoms with Gasteiger partial charge in [-0.1, -0.05) is 0 Å². The third-order valence-electron chi connectivity index (χ3n) is 3.48. The Morgan fingerprint density at radius 1 is 1.40 bits per heavy atom. The van der Waals surface area contributed by atoms with Gasteiger partial charge < -0.3 is 4.98 Å². The first-order valence-electron chi connectivity index (χ1n) is 6.47. The third-order valence-corrected chi connectivity index (χ3v) is 5.28. The molecule has 8 nitrogen and oxygen atoms in total. The fourth-order valence-corrected chi connectivity index (χ4v) is 3.96. The Morgan fingerprint density at radius 2 is 2.30 bits per heavy atom. The summed E-state index contributed by atoms with van der Waals surface area (Å²) in [5.41, 5.74) is 0. The van der Waals surface area contributed by atoms with Gasteiger partial charge in [-0.3, -0.25) is 4.68 Å². The normalized spacial score (nSPS) is 21.1. The first-order valence-corrected chi connectivity index (χ1v) is 7.91. The molecule has 1 fully saturated rings. The molecule has 1 saturated heterocycles. The van der Waals surface area contributed by atoms with Crippen LogP contribution in [-0.2, 0) is 16.6 Å². The summed E-state index contributed by atoms with van der Waals surface area (Å²) in [6.45, 7) is 1.74. The lowest BCUT2D eigenvalue weighted by atomic mass is 10.00. The van der Waals surface area contributed by atoms with Gasteiger partial charge in [0.2, 0.25) is 0 Å². The summed E-state index contributed by atoms with van der Waals surface area (Å²) < 4.78 is 28.1. The van der Waals surface area contributed by atoms with Crippen LogP contribution in [0.1, 0.15) is 12.8 Å². The average Bonchev–Trinajstić information content (AvgIpc) is 3.12. The Kier molecular flexibility index (Phi) is 3.53. The van der Waals surface area contributed by atoms with Gasteiger partial charge in [0.15, 0.2) is 5.03 Å². The lowest BCUT2D eigenvalue weighted by molar-refractivity contribution is 0.239. The molecular formula is C11H16N6O2S. The number of H-pyrrole nitrogens is 1. The summed E-state index contributed by atoms with van der Waals surface area (Å²) in [7, 11) is -3.46. The molecule has 0 radical (unpaired) electrons. The molecule has 0 saturated carbocycles. The van der Waals surface area contributed by atoms with Crippen molar-refractivity contribution in [1.29, 1.82) is 0 Å². The number of nitrogens with zero attached hydrogens (tertiary/aromatic N) is 5. The van der Waals surface area contributed by atoms with E-state index in [0.29, 0.717) is 19.6 Å². The number of imidazole rings is 1. The van der Waals surface area contributed by atoms with Crippen LogP contribution in [-0.4, -0.2) is 50.5 Å². The molecule has 20 heavy (non-hydrogen) atoms. The molecule has 2 aromatic heterocycles. The van der Waals surface area contributed by atoms with E-state index in [-0.39, 0.29) is 10.9 Å². The van der Waals surface area contributed by atoms with E-state index in [1.54, 1.807) is 11.0 Å². The van der Waals surface area contributed by atoms with Crippen molar-refractivity contribution in [2.75, 3.05) is 13.1 Å². The number of rotatable bonds is 4. The molecule has 0 aromatic carbocycles. The van der Waals surface area contributed by atoms with Crippen molar-refractivity contribution in [2.45, 2.75) is 24.4 Å². The first-order chi connectivity index (χ1) is 9.66. The van der Waals surface area contributed by atoms with Gasteiger partial charge in [0.05, 0.1) is 12.5 Å². The predicted octanol–water partition coefficient (Wildman–Crippen LogP) is 0.102. The number of hydrogen-bond donors (Lipinski definition) is 1. The van der Waals surface area contributed by atoms with Gasteiger partial charge in [-0.05, 0) is 18.8 Å². The summed E-state index contributed by atoms with van der Waals surface area (Å²) in [5, 5.41) is 4.22. The first kappa shape index (κ1) is 13.3. The highest BCUT2D eigenvalue weighted by Crippen LogP contribution is 2.23. The molecule has 0 amide bonds. The number of nitrogens with one attached hydrogen (secondary N) is 1. The molecular weight excluding hydrogens is 280 g/mol. The maximum atomic E-state index is 12.4. The fraction of sp³-hybridized carbons (Fsp3) is 0.545. The molecule has 0 unspecified atom stereocenters. The fourth-order valence-electron chi connectivity index (χ4n) is 2.51. The van der Waals surface area contributed by atoms with Crippen LogP contribution in [0.3, 0.4) is 0 Å². The Balaban J connectivity index is 1.72. The lowest BCUT2D eigenvalue weighted by Gasteiger charge is -2.31. The number of sulfonamides is 1. The van der Waals surface area contributed by atoms with E-state index in [9.17, 15) is 8.42 Å². The highest BCUT2D eigenvalue weighted by atomic mass is 32.2. The van der Waals surface area contributed by atoms with Crippen LogP contribution in [0.5, 0.6) is 0 Å². The van der Waals surface area contributed by atoms with Crippen LogP contribution >= 0.6 is 0 Å². The minimum absolute atomic E-state index is 0.152. The second kappa shape index (κ2) is 5.33. The second-order valence-electron chi connectivity index (χ2n) is 4.90. The van der Waals surface area contributed by atoms with Gasteiger partial charge in [-0.2, -0.15) is 9.40 Å². The van der Waals surface area contributed by atoms with E-state index >= 15 is 0 Å². The van der Waals surface area contributed by atoms with Crippen molar-refractivity contribution in [3.8, 4) is 0 Å². The van der Waals surface area contributed by atoms with Crippen LogP contribution in [0, 0.1) is 5.92 Å². The molecule has 108 valence electrons. The highest BCUT2D eigenvalue weighted by molar-refractivity contribution is 7.89. The van der Waals surface area contributed by atoms with Crippen molar-refractivity contribution in [3.63, 3.8) is 0 Å². The Morgan fingerprint density at radius 3 is 3.00 bits per heavy atom. The van der Waals surface area contributed by atoms with E-state index in [0.717, 1.165) is 12.8 Å². The molecule has 9 heteroatoms. The number of hydrogen-bond acceptors (Lipinski definition) is 5. The van der Waals surface area contributed by atoms with Gasteiger partial charge in [-0.25, -0.2) is 18.4 Å². The highest BCUT2D eigenvalue weighted by Gasteiger charge is 2.31. The Hall–Kier alpha value is -1.74. The second-order valence-corrected chi connectivity index (χ2v) is 6.81. The smallest absolute Gasteiger partial charge is 0.260 e. The van der Waals surface area contributed by atoms with E-state index < -0.39 is 10.0 Å². The Bertz CT molecular complexity index is 637. The molecule has 0 spiro atoms. The zero-order valence-electron chi connectivity index (χ0n) is 10.9. The molecule has 3 rings (SSSR count). The maximum absolute atomic E-state index is 12.4. The van der Waals surface area contributed by atoms with Gasteiger partial charge >= 0.3 is 0 Å². The van der Waals surface area contributed by atoms with Crippen molar-refractivity contribution in [2.24, 2.45) is 5.92 Å². The van der Waals surface area contributed by atoms with Crippen LogP contribution in [0.15, 0.2) is 30.2 Å². The number of piperidine rings is 1. The van der Waals surface area contributed by atoms with E-state index in [1.807, 2.05) is 0 Å². The molecule has 1 atom stereocenters. The molecule has 1 aliphatic heterocycles. The topological polar surface area (TPSA) is 96.8 Å². The molecule has 1 aliphatic rings. The average molecular weight is 296 g/mol. The van der Waals surface area contributed by atoms with Gasteiger partial charge in [0.1, 0.15) is 12.7 Å². The zero-order valence-corrected chi connectivity index (χ0v) is 11.7. The molecule has 1 N–H and O–H groups in total. The zero-order chi connectivity index (χ0) is 14.0. The van der Waals surface area contributed by atoms with E-state index in [2.05, 4.69) is 20.1 Å². The summed E-state index contributed by atoms with van der Waals surface area (Å²) in [6, 6.07) is 0. The van der Waals surface area contributed by atoms with Gasteiger partial charge in [0, 0.05) is 19.6 Å². The largest absolute Gasteiger partial charge is 0.335 e. The van der Waals surface area contributed by atoms with Crippen LogP contribution in [0.2, 0.25) is 0 Å². The van der Waals surface area contributed by atoms with Crippen LogP contribution in [0.25, 0.3) is 0 Å². The van der Waals surface area contributed by atoms with Gasteiger partial charge in [0.25, 0.3) is 10.0 Å². The monoisotopic (exact) mass is 296 g/mol. The summed E-state index contributed by atoms with van der Waals surface area (Å²) in [6.07, 6.45) is 7.71. The van der Waals surface area contributed by atoms with Crippen LogP contribution in [0.4, 0.5) is 0 Å². The van der Waals surface area contributed by atoms with Gasteiger partial charge in [-0.15, -0.1) is 0 Å². The number of aromatic nitrogens is 5. The van der Waals surface area contributed by atoms with Crippen molar-refractivity contribution in [3.05, 3.63) is 25.2 Å². The molecule has 0 aliphatic carbocycles. The molecule has 3 heterocycles.